The van der Waals surface area contributed by atoms with E-state index < -0.39 is 17.6 Å². The number of halogens is 1. The van der Waals surface area contributed by atoms with Crippen LogP contribution in [0.25, 0.3) is 0 Å². The number of rotatable bonds is 5. The molecule has 2 aliphatic heterocycles. The van der Waals surface area contributed by atoms with Crippen molar-refractivity contribution < 1.29 is 23.8 Å². The Morgan fingerprint density at radius 1 is 1.36 bits per heavy atom. The molecule has 4 bridgehead atoms. The first kappa shape index (κ1) is 16.1. The molecule has 2 heterocycles. The van der Waals surface area contributed by atoms with Crippen molar-refractivity contribution in [2.75, 3.05) is 0 Å². The monoisotopic (exact) mass is 330 g/mol. The average molecular weight is 331 g/mol. The van der Waals surface area contributed by atoms with Crippen LogP contribution in [0.4, 0.5) is 0 Å². The first-order valence-corrected chi connectivity index (χ1v) is 8.62. The van der Waals surface area contributed by atoms with E-state index in [1.54, 1.807) is 6.92 Å². The van der Waals surface area contributed by atoms with Crippen molar-refractivity contribution in [1.82, 2.24) is 0 Å². The molecule has 0 aromatic rings. The molecule has 0 aromatic heterocycles. The smallest absolute Gasteiger partial charge is 0.326 e. The summed E-state index contributed by atoms with van der Waals surface area (Å²) in [6.07, 6.45) is 3.26. The number of hydrogen-bond donors (Lipinski definition) is 0. The third-order valence-electron chi connectivity index (χ3n) is 5.05. The molecule has 6 heteroatoms. The van der Waals surface area contributed by atoms with Gasteiger partial charge in [0, 0.05) is 6.42 Å². The fraction of sp³-hybridized carbons (Fsp3) is 0.875. The van der Waals surface area contributed by atoms with Crippen molar-refractivity contribution in [1.29, 1.82) is 0 Å². The van der Waals surface area contributed by atoms with Gasteiger partial charge in [-0.05, 0) is 44.4 Å². The van der Waals surface area contributed by atoms with Crippen LogP contribution < -0.4 is 0 Å². The Labute approximate surface area is 135 Å². The lowest BCUT2D eigenvalue weighted by Gasteiger charge is -2.42. The Bertz CT molecular complexity index is 452. The molecule has 124 valence electrons. The van der Waals surface area contributed by atoms with E-state index in [0.717, 1.165) is 25.7 Å². The van der Waals surface area contributed by atoms with E-state index in [4.69, 9.17) is 25.8 Å². The lowest BCUT2D eigenvalue weighted by Crippen LogP contribution is -2.46. The standard InChI is InChI=1S/C16H23ClO5/c1-3-13(22-15(18)8(2)17)21-14-10-4-9-5-11(7-10)16(19)20-12(14)6-9/h8-14H,3-7H2,1-2H3. The Hall–Kier alpha value is -0.810. The lowest BCUT2D eigenvalue weighted by atomic mass is 9.67. The zero-order valence-electron chi connectivity index (χ0n) is 13.0. The maximum Gasteiger partial charge on any atom is 0.326 e. The van der Waals surface area contributed by atoms with Crippen molar-refractivity contribution >= 4 is 23.5 Å². The predicted octanol–water partition coefficient (Wildman–Crippen LogP) is 2.64. The Kier molecular flexibility index (Phi) is 4.64. The topological polar surface area (TPSA) is 61.8 Å². The number of hydrogen-bond acceptors (Lipinski definition) is 5. The van der Waals surface area contributed by atoms with Gasteiger partial charge in [-0.15, -0.1) is 11.6 Å². The summed E-state index contributed by atoms with van der Waals surface area (Å²) >= 11 is 5.74. The van der Waals surface area contributed by atoms with Crippen molar-refractivity contribution in [2.45, 2.75) is 69.8 Å². The number of carbonyl (C=O) groups is 2. The summed E-state index contributed by atoms with van der Waals surface area (Å²) in [6, 6.07) is 0. The molecule has 4 fully saturated rings. The van der Waals surface area contributed by atoms with Crippen LogP contribution >= 0.6 is 11.6 Å². The SMILES string of the molecule is CCC(OC(=O)C(C)Cl)OC1C2CC3CC(C2)C(=O)OC1C3. The second-order valence-electron chi connectivity index (χ2n) is 6.73. The summed E-state index contributed by atoms with van der Waals surface area (Å²) in [7, 11) is 0. The highest BCUT2D eigenvalue weighted by atomic mass is 35.5. The van der Waals surface area contributed by atoms with Crippen LogP contribution in [0.5, 0.6) is 0 Å². The van der Waals surface area contributed by atoms with Crippen LogP contribution in [0.3, 0.4) is 0 Å². The molecule has 5 nitrogen and oxygen atoms in total. The number of fused-ring (bicyclic) bond motifs is 1. The normalized spacial score (nSPS) is 39.0. The van der Waals surface area contributed by atoms with E-state index in [2.05, 4.69) is 0 Å². The maximum absolute atomic E-state index is 12.0. The Balaban J connectivity index is 1.69. The van der Waals surface area contributed by atoms with Gasteiger partial charge in [0.05, 0.1) is 5.92 Å². The molecular weight excluding hydrogens is 308 g/mol. The van der Waals surface area contributed by atoms with Crippen molar-refractivity contribution in [2.24, 2.45) is 17.8 Å². The van der Waals surface area contributed by atoms with Crippen molar-refractivity contribution in [3.05, 3.63) is 0 Å². The minimum atomic E-state index is -0.697. The summed E-state index contributed by atoms with van der Waals surface area (Å²) in [5.74, 6) is 0.336. The van der Waals surface area contributed by atoms with Gasteiger partial charge >= 0.3 is 11.9 Å². The molecule has 0 N–H and O–H groups in total. The molecule has 4 aliphatic rings. The van der Waals surface area contributed by atoms with E-state index in [1.165, 1.54) is 0 Å². The zero-order valence-corrected chi connectivity index (χ0v) is 13.8. The van der Waals surface area contributed by atoms with E-state index in [9.17, 15) is 9.59 Å². The van der Waals surface area contributed by atoms with Crippen molar-refractivity contribution in [3.63, 3.8) is 0 Å². The largest absolute Gasteiger partial charge is 0.459 e. The Morgan fingerprint density at radius 2 is 2.14 bits per heavy atom. The molecule has 22 heavy (non-hydrogen) atoms. The van der Waals surface area contributed by atoms with Gasteiger partial charge in [-0.3, -0.25) is 9.59 Å². The first-order valence-electron chi connectivity index (χ1n) is 8.18. The Morgan fingerprint density at radius 3 is 2.82 bits per heavy atom. The van der Waals surface area contributed by atoms with Gasteiger partial charge in [-0.2, -0.15) is 0 Å². The molecule has 0 radical (unpaired) electrons. The summed E-state index contributed by atoms with van der Waals surface area (Å²) in [6.45, 7) is 3.47. The highest BCUT2D eigenvalue weighted by Gasteiger charge is 2.51. The maximum atomic E-state index is 12.0. The van der Waals surface area contributed by atoms with E-state index in [0.29, 0.717) is 18.3 Å². The van der Waals surface area contributed by atoms with Gasteiger partial charge in [-0.1, -0.05) is 6.92 Å². The second kappa shape index (κ2) is 6.36. The molecule has 7 unspecified atom stereocenters. The summed E-state index contributed by atoms with van der Waals surface area (Å²) in [4.78, 5) is 23.7. The van der Waals surface area contributed by atoms with E-state index >= 15 is 0 Å². The third kappa shape index (κ3) is 3.11. The molecule has 2 saturated carbocycles. The van der Waals surface area contributed by atoms with Gasteiger partial charge in [0.15, 0.2) is 0 Å². The number of alkyl halides is 1. The number of esters is 2. The molecule has 4 rings (SSSR count). The second-order valence-corrected chi connectivity index (χ2v) is 7.39. The van der Waals surface area contributed by atoms with Crippen LogP contribution in [0.1, 0.15) is 46.0 Å². The zero-order chi connectivity index (χ0) is 15.9. The van der Waals surface area contributed by atoms with Gasteiger partial charge in [0.25, 0.3) is 0 Å². The number of ether oxygens (including phenoxy) is 3. The van der Waals surface area contributed by atoms with Gasteiger partial charge in [-0.25, -0.2) is 0 Å². The molecule has 0 amide bonds. The van der Waals surface area contributed by atoms with E-state index in [1.807, 2.05) is 6.92 Å². The minimum absolute atomic E-state index is 0.0211. The molecule has 2 aliphatic carbocycles. The summed E-state index contributed by atoms with van der Waals surface area (Å²) in [5, 5.41) is -0.697. The molecule has 0 aromatic carbocycles. The highest BCUT2D eigenvalue weighted by Crippen LogP contribution is 2.48. The van der Waals surface area contributed by atoms with Crippen LogP contribution in [-0.2, 0) is 23.8 Å². The van der Waals surface area contributed by atoms with Crippen LogP contribution in [0, 0.1) is 17.8 Å². The first-order chi connectivity index (χ1) is 10.5. The van der Waals surface area contributed by atoms with Gasteiger partial charge in [0.1, 0.15) is 17.6 Å². The third-order valence-corrected chi connectivity index (χ3v) is 5.23. The van der Waals surface area contributed by atoms with Gasteiger partial charge < -0.3 is 14.2 Å². The summed E-state index contributed by atoms with van der Waals surface area (Å²) < 4.78 is 17.0. The van der Waals surface area contributed by atoms with Crippen molar-refractivity contribution in [3.8, 4) is 0 Å². The molecule has 0 spiro atoms. The summed E-state index contributed by atoms with van der Waals surface area (Å²) in [5.41, 5.74) is 0. The average Bonchev–Trinajstić information content (AvgIpc) is 2.63. The van der Waals surface area contributed by atoms with Crippen LogP contribution in [-0.4, -0.2) is 35.8 Å². The molecule has 2 saturated heterocycles. The molecular formula is C16H23ClO5. The van der Waals surface area contributed by atoms with Gasteiger partial charge in [0.2, 0.25) is 6.29 Å². The minimum Gasteiger partial charge on any atom is -0.459 e. The highest BCUT2D eigenvalue weighted by molar-refractivity contribution is 6.29. The number of carbonyl (C=O) groups excluding carboxylic acids is 2. The predicted molar refractivity (Wildman–Crippen MR) is 79.2 cm³/mol. The lowest BCUT2D eigenvalue weighted by molar-refractivity contribution is -0.219. The van der Waals surface area contributed by atoms with E-state index in [-0.39, 0.29) is 24.1 Å². The van der Waals surface area contributed by atoms with Crippen LogP contribution in [0.2, 0.25) is 0 Å². The quantitative estimate of drug-likeness (QED) is 0.440. The van der Waals surface area contributed by atoms with Crippen LogP contribution in [0.15, 0.2) is 0 Å². The molecule has 7 atom stereocenters. The fourth-order valence-corrected chi connectivity index (χ4v) is 4.12. The fourth-order valence-electron chi connectivity index (χ4n) is 4.07.